The molecule has 0 aliphatic heterocycles. The van der Waals surface area contributed by atoms with Crippen LogP contribution in [0.3, 0.4) is 0 Å². The number of carbonyl (C=O) groups is 1. The summed E-state index contributed by atoms with van der Waals surface area (Å²) < 4.78 is 15.4. The van der Waals surface area contributed by atoms with E-state index in [0.717, 1.165) is 18.5 Å². The van der Waals surface area contributed by atoms with E-state index in [9.17, 15) is 4.79 Å². The highest BCUT2D eigenvalue weighted by molar-refractivity contribution is 5.77. The van der Waals surface area contributed by atoms with Crippen LogP contribution in [0.25, 0.3) is 0 Å². The second kappa shape index (κ2) is 8.52. The van der Waals surface area contributed by atoms with Crippen LogP contribution in [0.4, 0.5) is 0 Å². The Hall–Kier alpha value is -1.75. The maximum Gasteiger partial charge on any atom is 0.327 e. The van der Waals surface area contributed by atoms with Crippen molar-refractivity contribution in [1.82, 2.24) is 5.32 Å². The van der Waals surface area contributed by atoms with Gasteiger partial charge in [0.15, 0.2) is 11.5 Å². The maximum absolute atomic E-state index is 12.0. The highest BCUT2D eigenvalue weighted by atomic mass is 16.5. The van der Waals surface area contributed by atoms with Gasteiger partial charge in [-0.1, -0.05) is 19.9 Å². The third-order valence-corrected chi connectivity index (χ3v) is 3.25. The summed E-state index contributed by atoms with van der Waals surface area (Å²) in [5.74, 6) is 1.48. The second-order valence-corrected chi connectivity index (χ2v) is 5.21. The number of benzene rings is 1. The molecule has 0 bridgehead atoms. The summed E-state index contributed by atoms with van der Waals surface area (Å²) in [6.07, 6.45) is 0.987. The monoisotopic (exact) mass is 295 g/mol. The molecule has 0 amide bonds. The van der Waals surface area contributed by atoms with Gasteiger partial charge < -0.3 is 19.5 Å². The summed E-state index contributed by atoms with van der Waals surface area (Å²) in [7, 11) is 4.54. The van der Waals surface area contributed by atoms with E-state index in [1.165, 1.54) is 7.11 Å². The minimum absolute atomic E-state index is 0.314. The first-order chi connectivity index (χ1) is 10.0. The molecule has 0 fully saturated rings. The average molecular weight is 295 g/mol. The fourth-order valence-electron chi connectivity index (χ4n) is 2.00. The smallest absolute Gasteiger partial charge is 0.327 e. The van der Waals surface area contributed by atoms with Crippen LogP contribution in [0.15, 0.2) is 18.2 Å². The molecule has 0 radical (unpaired) electrons. The van der Waals surface area contributed by atoms with Crippen LogP contribution in [0.1, 0.15) is 31.9 Å². The van der Waals surface area contributed by atoms with E-state index >= 15 is 0 Å². The lowest BCUT2D eigenvalue weighted by atomic mass is 10.0. The van der Waals surface area contributed by atoms with E-state index in [0.29, 0.717) is 17.4 Å². The molecular weight excluding hydrogens is 270 g/mol. The van der Waals surface area contributed by atoms with Crippen molar-refractivity contribution < 1.29 is 19.0 Å². The lowest BCUT2D eigenvalue weighted by molar-refractivity contribution is -0.143. The van der Waals surface area contributed by atoms with Crippen molar-refractivity contribution in [3.8, 4) is 11.5 Å². The van der Waals surface area contributed by atoms with Crippen molar-refractivity contribution in [1.29, 1.82) is 0 Å². The van der Waals surface area contributed by atoms with Crippen molar-refractivity contribution in [2.24, 2.45) is 5.92 Å². The highest BCUT2D eigenvalue weighted by Gasteiger charge is 2.22. The number of methoxy groups -OCH3 is 3. The number of rotatable bonds is 8. The predicted molar refractivity (Wildman–Crippen MR) is 81.8 cm³/mol. The molecule has 0 aromatic heterocycles. The van der Waals surface area contributed by atoms with Gasteiger partial charge in [0.2, 0.25) is 0 Å². The van der Waals surface area contributed by atoms with Gasteiger partial charge in [0.05, 0.1) is 21.3 Å². The van der Waals surface area contributed by atoms with Crippen LogP contribution >= 0.6 is 0 Å². The minimum atomic E-state index is -0.506. The summed E-state index contributed by atoms with van der Waals surface area (Å²) in [5, 5.41) is 3.24. The average Bonchev–Trinajstić information content (AvgIpc) is 2.50. The quantitative estimate of drug-likeness (QED) is 0.747. The fraction of sp³-hybridized carbons (Fsp3) is 0.562. The van der Waals surface area contributed by atoms with Gasteiger partial charge in [-0.3, -0.25) is 0 Å². The van der Waals surface area contributed by atoms with E-state index < -0.39 is 6.04 Å². The standard InChI is InChI=1S/C16H25NO4/c1-11(2)8-9-17-15(16(18)21-5)12-6-7-13(19-3)14(10-12)20-4/h6-7,10-11,15,17H,8-9H2,1-5H3. The van der Waals surface area contributed by atoms with E-state index in [1.807, 2.05) is 6.07 Å². The Bertz CT molecular complexity index is 460. The van der Waals surface area contributed by atoms with Gasteiger partial charge in [0.1, 0.15) is 6.04 Å². The van der Waals surface area contributed by atoms with Crippen molar-refractivity contribution in [3.05, 3.63) is 23.8 Å². The molecule has 0 heterocycles. The zero-order valence-electron chi connectivity index (χ0n) is 13.4. The molecule has 1 rings (SSSR count). The number of ether oxygens (including phenoxy) is 3. The zero-order valence-corrected chi connectivity index (χ0v) is 13.4. The van der Waals surface area contributed by atoms with Crippen LogP contribution in [0.2, 0.25) is 0 Å². The SMILES string of the molecule is COC(=O)C(NCCC(C)C)c1ccc(OC)c(OC)c1. The number of esters is 1. The predicted octanol–water partition coefficient (Wildman–Crippen LogP) is 2.55. The third-order valence-electron chi connectivity index (χ3n) is 3.25. The number of hydrogen-bond acceptors (Lipinski definition) is 5. The zero-order chi connectivity index (χ0) is 15.8. The molecule has 0 aliphatic rings. The van der Waals surface area contributed by atoms with E-state index in [2.05, 4.69) is 19.2 Å². The summed E-state index contributed by atoms with van der Waals surface area (Å²) in [6, 6.07) is 4.91. The second-order valence-electron chi connectivity index (χ2n) is 5.21. The Morgan fingerprint density at radius 3 is 2.33 bits per heavy atom. The molecule has 21 heavy (non-hydrogen) atoms. The van der Waals surface area contributed by atoms with E-state index in [1.54, 1.807) is 26.4 Å². The van der Waals surface area contributed by atoms with E-state index in [4.69, 9.17) is 14.2 Å². The van der Waals surface area contributed by atoms with Crippen LogP contribution in [-0.4, -0.2) is 33.8 Å². The summed E-state index contributed by atoms with van der Waals surface area (Å²) in [4.78, 5) is 12.0. The Balaban J connectivity index is 2.94. The van der Waals surface area contributed by atoms with Gasteiger partial charge in [-0.25, -0.2) is 4.79 Å². The number of carbonyl (C=O) groups excluding carboxylic acids is 1. The van der Waals surface area contributed by atoms with Gasteiger partial charge in [-0.2, -0.15) is 0 Å². The summed E-state index contributed by atoms with van der Waals surface area (Å²) >= 11 is 0. The topological polar surface area (TPSA) is 56.8 Å². The van der Waals surface area contributed by atoms with Gasteiger partial charge in [-0.05, 0) is 36.6 Å². The van der Waals surface area contributed by atoms with Crippen LogP contribution in [-0.2, 0) is 9.53 Å². The molecule has 1 N–H and O–H groups in total. The number of nitrogens with one attached hydrogen (secondary N) is 1. The van der Waals surface area contributed by atoms with Gasteiger partial charge >= 0.3 is 5.97 Å². The molecule has 1 aromatic rings. The van der Waals surface area contributed by atoms with Crippen molar-refractivity contribution in [2.75, 3.05) is 27.9 Å². The molecule has 1 aromatic carbocycles. The van der Waals surface area contributed by atoms with Crippen LogP contribution in [0, 0.1) is 5.92 Å². The molecule has 1 unspecified atom stereocenters. The first kappa shape index (κ1) is 17.3. The number of hydrogen-bond donors (Lipinski definition) is 1. The Morgan fingerprint density at radius 1 is 1.14 bits per heavy atom. The molecule has 1 atom stereocenters. The Kier molecular flexibility index (Phi) is 7.02. The first-order valence-corrected chi connectivity index (χ1v) is 7.06. The molecule has 0 saturated carbocycles. The Labute approximate surface area is 126 Å². The highest BCUT2D eigenvalue weighted by Crippen LogP contribution is 2.30. The van der Waals surface area contributed by atoms with Crippen LogP contribution in [0.5, 0.6) is 11.5 Å². The molecule has 0 aliphatic carbocycles. The molecule has 0 saturated heterocycles. The fourth-order valence-corrected chi connectivity index (χ4v) is 2.00. The van der Waals surface area contributed by atoms with Gasteiger partial charge in [0, 0.05) is 0 Å². The van der Waals surface area contributed by atoms with Crippen molar-refractivity contribution in [3.63, 3.8) is 0 Å². The van der Waals surface area contributed by atoms with Gasteiger partial charge in [0.25, 0.3) is 0 Å². The van der Waals surface area contributed by atoms with Crippen LogP contribution < -0.4 is 14.8 Å². The largest absolute Gasteiger partial charge is 0.493 e. The minimum Gasteiger partial charge on any atom is -0.493 e. The molecular formula is C16H25NO4. The normalized spacial score (nSPS) is 12.1. The molecule has 5 heteroatoms. The summed E-state index contributed by atoms with van der Waals surface area (Å²) in [5.41, 5.74) is 0.795. The lowest BCUT2D eigenvalue weighted by Crippen LogP contribution is -2.31. The van der Waals surface area contributed by atoms with Crippen molar-refractivity contribution >= 4 is 5.97 Å². The van der Waals surface area contributed by atoms with Crippen molar-refractivity contribution in [2.45, 2.75) is 26.3 Å². The maximum atomic E-state index is 12.0. The lowest BCUT2D eigenvalue weighted by Gasteiger charge is -2.19. The summed E-state index contributed by atoms with van der Waals surface area (Å²) in [6.45, 7) is 5.03. The van der Waals surface area contributed by atoms with E-state index in [-0.39, 0.29) is 5.97 Å². The molecule has 118 valence electrons. The first-order valence-electron chi connectivity index (χ1n) is 7.06. The third kappa shape index (κ3) is 4.93. The van der Waals surface area contributed by atoms with Gasteiger partial charge in [-0.15, -0.1) is 0 Å². The molecule has 0 spiro atoms. The Morgan fingerprint density at radius 2 is 1.81 bits per heavy atom. The molecule has 5 nitrogen and oxygen atoms in total.